The highest BCUT2D eigenvalue weighted by Gasteiger charge is 2.31. The lowest BCUT2D eigenvalue weighted by Crippen LogP contribution is -2.50. The van der Waals surface area contributed by atoms with Crippen LogP contribution in [0.3, 0.4) is 0 Å². The van der Waals surface area contributed by atoms with E-state index >= 15 is 0 Å². The Hall–Kier alpha value is -0.210. The molecule has 1 atom stereocenters. The fourth-order valence-corrected chi connectivity index (χ4v) is 3.56. The Kier molecular flexibility index (Phi) is 7.23. The second-order valence-electron chi connectivity index (χ2n) is 5.31. The molecule has 6 nitrogen and oxygen atoms in total. The van der Waals surface area contributed by atoms with Crippen LogP contribution < -0.4 is 4.72 Å². The highest BCUT2D eigenvalue weighted by molar-refractivity contribution is 7.87. The Bertz CT molecular complexity index is 346. The van der Waals surface area contributed by atoms with Gasteiger partial charge in [0.25, 0.3) is 10.2 Å². The van der Waals surface area contributed by atoms with Crippen LogP contribution in [0.2, 0.25) is 0 Å². The Balaban J connectivity index is 2.37. The summed E-state index contributed by atoms with van der Waals surface area (Å²) in [5.74, 6) is 0.442. The first-order chi connectivity index (χ1) is 8.97. The number of hydrogen-bond donors (Lipinski definition) is 2. The molecule has 1 saturated heterocycles. The molecular formula is C12H26N2O4S. The molecule has 1 rings (SSSR count). The topological polar surface area (TPSA) is 78.9 Å². The first kappa shape index (κ1) is 16.8. The van der Waals surface area contributed by atoms with Gasteiger partial charge in [-0.05, 0) is 18.8 Å². The first-order valence-electron chi connectivity index (χ1n) is 6.92. The zero-order valence-corrected chi connectivity index (χ0v) is 12.7. The zero-order valence-electron chi connectivity index (χ0n) is 11.8. The average molecular weight is 294 g/mol. The van der Waals surface area contributed by atoms with Crippen molar-refractivity contribution in [3.05, 3.63) is 0 Å². The number of ether oxygens (including phenoxy) is 1. The van der Waals surface area contributed by atoms with Crippen LogP contribution in [0.5, 0.6) is 0 Å². The largest absolute Gasteiger partial charge is 0.395 e. The summed E-state index contributed by atoms with van der Waals surface area (Å²) in [6.07, 6.45) is 2.54. The highest BCUT2D eigenvalue weighted by Crippen LogP contribution is 2.19. The molecule has 114 valence electrons. The van der Waals surface area contributed by atoms with Gasteiger partial charge in [-0.3, -0.25) is 0 Å². The molecule has 19 heavy (non-hydrogen) atoms. The van der Waals surface area contributed by atoms with Crippen LogP contribution in [-0.2, 0) is 14.9 Å². The average Bonchev–Trinajstić information content (AvgIpc) is 2.37. The summed E-state index contributed by atoms with van der Waals surface area (Å²) in [5, 5.41) is 9.24. The van der Waals surface area contributed by atoms with Gasteiger partial charge in [0.2, 0.25) is 0 Å². The van der Waals surface area contributed by atoms with Crippen molar-refractivity contribution in [1.29, 1.82) is 0 Å². The van der Waals surface area contributed by atoms with Gasteiger partial charge >= 0.3 is 0 Å². The predicted octanol–water partition coefficient (Wildman–Crippen LogP) is 0.340. The van der Waals surface area contributed by atoms with Gasteiger partial charge in [0, 0.05) is 25.7 Å². The van der Waals surface area contributed by atoms with Crippen molar-refractivity contribution >= 4 is 10.2 Å². The van der Waals surface area contributed by atoms with Crippen LogP contribution in [0, 0.1) is 5.92 Å². The summed E-state index contributed by atoms with van der Waals surface area (Å²) in [5.41, 5.74) is 0. The van der Waals surface area contributed by atoms with E-state index in [1.807, 2.05) is 13.8 Å². The molecule has 0 saturated carbocycles. The Labute approximate surface area is 116 Å². The van der Waals surface area contributed by atoms with Gasteiger partial charge < -0.3 is 9.84 Å². The van der Waals surface area contributed by atoms with Gasteiger partial charge in [-0.15, -0.1) is 0 Å². The number of aliphatic hydroxyl groups excluding tert-OH is 1. The van der Waals surface area contributed by atoms with E-state index in [4.69, 9.17) is 4.74 Å². The Morgan fingerprint density at radius 2 is 2.16 bits per heavy atom. The van der Waals surface area contributed by atoms with Crippen molar-refractivity contribution in [2.45, 2.75) is 39.2 Å². The maximum absolute atomic E-state index is 12.1. The smallest absolute Gasteiger partial charge is 0.279 e. The van der Waals surface area contributed by atoms with Gasteiger partial charge in [0.1, 0.15) is 0 Å². The zero-order chi connectivity index (χ0) is 14.3. The summed E-state index contributed by atoms with van der Waals surface area (Å²) in [7, 11) is -3.50. The molecule has 1 heterocycles. The molecule has 1 unspecified atom stereocenters. The third-order valence-electron chi connectivity index (χ3n) is 3.07. The quantitative estimate of drug-likeness (QED) is 0.633. The van der Waals surface area contributed by atoms with Crippen LogP contribution in [0.25, 0.3) is 0 Å². The molecular weight excluding hydrogens is 268 g/mol. The number of nitrogens with one attached hydrogen (secondary N) is 1. The van der Waals surface area contributed by atoms with E-state index in [0.717, 1.165) is 19.3 Å². The van der Waals surface area contributed by atoms with Crippen molar-refractivity contribution in [1.82, 2.24) is 9.03 Å². The van der Waals surface area contributed by atoms with Crippen molar-refractivity contribution in [2.75, 3.05) is 32.9 Å². The van der Waals surface area contributed by atoms with Crippen LogP contribution in [-0.4, -0.2) is 56.8 Å². The van der Waals surface area contributed by atoms with E-state index < -0.39 is 10.2 Å². The highest BCUT2D eigenvalue weighted by atomic mass is 32.2. The number of nitrogens with zero attached hydrogens (tertiary/aromatic N) is 1. The minimum absolute atomic E-state index is 0.120. The second kappa shape index (κ2) is 8.16. The van der Waals surface area contributed by atoms with E-state index in [9.17, 15) is 13.5 Å². The lowest BCUT2D eigenvalue weighted by atomic mass is 10.1. The van der Waals surface area contributed by atoms with Crippen molar-refractivity contribution in [2.24, 2.45) is 5.92 Å². The van der Waals surface area contributed by atoms with E-state index in [2.05, 4.69) is 4.72 Å². The Morgan fingerprint density at radius 3 is 2.79 bits per heavy atom. The second-order valence-corrected chi connectivity index (χ2v) is 7.02. The lowest BCUT2D eigenvalue weighted by molar-refractivity contribution is 0.113. The molecule has 1 fully saturated rings. The molecule has 2 N–H and O–H groups in total. The van der Waals surface area contributed by atoms with Gasteiger partial charge in [-0.25, -0.2) is 0 Å². The molecule has 7 heteroatoms. The molecule has 1 aliphatic heterocycles. The standard InChI is InChI=1S/C12H26N2O4S/c1-11(2)10-18-8-6-13-19(16,17)14-7-4-3-5-12(14)9-15/h11-13,15H,3-10H2,1-2H3. The van der Waals surface area contributed by atoms with Crippen molar-refractivity contribution in [3.63, 3.8) is 0 Å². The fourth-order valence-electron chi connectivity index (χ4n) is 2.12. The van der Waals surface area contributed by atoms with E-state index in [-0.39, 0.29) is 19.2 Å². The molecule has 1 aliphatic rings. The van der Waals surface area contributed by atoms with Gasteiger partial charge in [-0.2, -0.15) is 17.4 Å². The fraction of sp³-hybridized carbons (Fsp3) is 1.00. The minimum atomic E-state index is -3.50. The minimum Gasteiger partial charge on any atom is -0.395 e. The maximum atomic E-state index is 12.1. The summed E-state index contributed by atoms with van der Waals surface area (Å²) >= 11 is 0. The SMILES string of the molecule is CC(C)COCCNS(=O)(=O)N1CCCCC1CO. The Morgan fingerprint density at radius 1 is 1.42 bits per heavy atom. The third kappa shape index (κ3) is 5.74. The molecule has 0 aromatic heterocycles. The van der Waals surface area contributed by atoms with E-state index in [1.165, 1.54) is 4.31 Å². The molecule has 0 bridgehead atoms. The first-order valence-corrected chi connectivity index (χ1v) is 8.36. The van der Waals surface area contributed by atoms with Crippen LogP contribution >= 0.6 is 0 Å². The molecule has 0 radical (unpaired) electrons. The van der Waals surface area contributed by atoms with Crippen molar-refractivity contribution in [3.8, 4) is 0 Å². The van der Waals surface area contributed by atoms with Gasteiger partial charge in [0.05, 0.1) is 13.2 Å². The predicted molar refractivity (Wildman–Crippen MR) is 74.0 cm³/mol. The van der Waals surface area contributed by atoms with Crippen LogP contribution in [0.4, 0.5) is 0 Å². The molecule has 0 aliphatic carbocycles. The number of hydrogen-bond acceptors (Lipinski definition) is 4. The lowest BCUT2D eigenvalue weighted by Gasteiger charge is -2.33. The van der Waals surface area contributed by atoms with E-state index in [1.54, 1.807) is 0 Å². The number of piperidine rings is 1. The summed E-state index contributed by atoms with van der Waals surface area (Å²) < 4.78 is 33.4. The molecule has 0 amide bonds. The normalized spacial score (nSPS) is 22.0. The van der Waals surface area contributed by atoms with Crippen molar-refractivity contribution < 1.29 is 18.3 Å². The van der Waals surface area contributed by atoms with Crippen LogP contribution in [0.15, 0.2) is 0 Å². The maximum Gasteiger partial charge on any atom is 0.279 e. The number of aliphatic hydroxyl groups is 1. The summed E-state index contributed by atoms with van der Waals surface area (Å²) in [4.78, 5) is 0. The van der Waals surface area contributed by atoms with Crippen LogP contribution in [0.1, 0.15) is 33.1 Å². The number of rotatable bonds is 8. The van der Waals surface area contributed by atoms with Gasteiger partial charge in [0.15, 0.2) is 0 Å². The summed E-state index contributed by atoms with van der Waals surface area (Å²) in [6, 6.07) is -0.289. The molecule has 0 aromatic rings. The van der Waals surface area contributed by atoms with E-state index in [0.29, 0.717) is 25.7 Å². The summed E-state index contributed by atoms with van der Waals surface area (Å²) in [6.45, 7) is 5.72. The van der Waals surface area contributed by atoms with Gasteiger partial charge in [-0.1, -0.05) is 20.3 Å². The molecule has 0 aromatic carbocycles. The monoisotopic (exact) mass is 294 g/mol. The third-order valence-corrected chi connectivity index (χ3v) is 4.74. The molecule has 0 spiro atoms.